The molecule has 0 spiro atoms. The van der Waals surface area contributed by atoms with Crippen molar-refractivity contribution in [2.45, 2.75) is 13.8 Å². The van der Waals surface area contributed by atoms with Crippen LogP contribution < -0.4 is 10.6 Å². The van der Waals surface area contributed by atoms with E-state index >= 15 is 0 Å². The molecule has 0 heterocycles. The molecule has 0 unspecified atom stereocenters. The minimum Gasteiger partial charge on any atom is -0.462 e. The number of Topliss-reactive ketones (excluding diaryl/α,β-unsaturated/α-hetero) is 1. The maximum Gasteiger partial charge on any atom is 0.340 e. The number of benzene rings is 2. The highest BCUT2D eigenvalue weighted by molar-refractivity contribution is 6.03. The normalized spacial score (nSPS) is 10.0. The van der Waals surface area contributed by atoms with Crippen molar-refractivity contribution >= 4 is 29.0 Å². The van der Waals surface area contributed by atoms with Crippen molar-refractivity contribution in [2.75, 3.05) is 23.8 Å². The van der Waals surface area contributed by atoms with Gasteiger partial charge in [0.25, 0.3) is 0 Å². The molecule has 1 amide bonds. The fraction of sp³-hybridized carbons (Fsp3) is 0.211. The van der Waals surface area contributed by atoms with Crippen LogP contribution >= 0.6 is 0 Å². The minimum absolute atomic E-state index is 0.0402. The molecule has 2 aromatic carbocycles. The summed E-state index contributed by atoms with van der Waals surface area (Å²) in [6.45, 7) is 3.40. The summed E-state index contributed by atoms with van der Waals surface area (Å²) in [5, 5.41) is 5.62. The van der Waals surface area contributed by atoms with Crippen molar-refractivity contribution in [1.82, 2.24) is 0 Å². The minimum atomic E-state index is -0.492. The number of carbonyl (C=O) groups excluding carboxylic acids is 3. The van der Waals surface area contributed by atoms with Crippen molar-refractivity contribution < 1.29 is 19.1 Å². The maximum absolute atomic E-state index is 12.2. The molecule has 0 aliphatic rings. The summed E-state index contributed by atoms with van der Waals surface area (Å²) in [4.78, 5) is 35.7. The third-order valence-corrected chi connectivity index (χ3v) is 3.44. The fourth-order valence-corrected chi connectivity index (χ4v) is 2.29. The zero-order chi connectivity index (χ0) is 18.2. The highest BCUT2D eigenvalue weighted by Gasteiger charge is 2.14. The van der Waals surface area contributed by atoms with E-state index in [0.29, 0.717) is 22.5 Å². The molecule has 0 fully saturated rings. The molecule has 6 nitrogen and oxygen atoms in total. The van der Waals surface area contributed by atoms with Crippen molar-refractivity contribution in [3.05, 3.63) is 59.7 Å². The van der Waals surface area contributed by atoms with E-state index in [2.05, 4.69) is 10.6 Å². The molecule has 0 aromatic heterocycles. The van der Waals surface area contributed by atoms with Gasteiger partial charge in [-0.05, 0) is 38.1 Å². The van der Waals surface area contributed by atoms with Gasteiger partial charge in [0.1, 0.15) is 0 Å². The Balaban J connectivity index is 2.05. The number of hydrogen-bond donors (Lipinski definition) is 2. The Bertz CT molecular complexity index is 786. The number of nitrogens with one attached hydrogen (secondary N) is 2. The van der Waals surface area contributed by atoms with Gasteiger partial charge < -0.3 is 15.4 Å². The van der Waals surface area contributed by atoms with Gasteiger partial charge in [0.15, 0.2) is 5.78 Å². The van der Waals surface area contributed by atoms with Crippen LogP contribution in [0.25, 0.3) is 0 Å². The summed E-state index contributed by atoms with van der Waals surface area (Å²) in [5.74, 6) is -0.917. The lowest BCUT2D eigenvalue weighted by molar-refractivity contribution is -0.114. The Morgan fingerprint density at radius 2 is 1.52 bits per heavy atom. The molecule has 0 bridgehead atoms. The summed E-state index contributed by atoms with van der Waals surface area (Å²) in [7, 11) is 0. The van der Waals surface area contributed by atoms with E-state index in [4.69, 9.17) is 4.74 Å². The lowest BCUT2D eigenvalue weighted by Crippen LogP contribution is -2.23. The monoisotopic (exact) mass is 340 g/mol. The zero-order valence-electron chi connectivity index (χ0n) is 14.2. The van der Waals surface area contributed by atoms with Gasteiger partial charge in [-0.1, -0.05) is 24.3 Å². The Morgan fingerprint density at radius 1 is 0.920 bits per heavy atom. The lowest BCUT2D eigenvalue weighted by Gasteiger charge is -2.12. The molecular weight excluding hydrogens is 320 g/mol. The number of ether oxygens (including phenoxy) is 1. The first-order valence-corrected chi connectivity index (χ1v) is 7.92. The van der Waals surface area contributed by atoms with Crippen molar-refractivity contribution in [3.63, 3.8) is 0 Å². The number of hydrogen-bond acceptors (Lipinski definition) is 5. The van der Waals surface area contributed by atoms with E-state index < -0.39 is 5.97 Å². The molecule has 6 heteroatoms. The molecule has 2 aromatic rings. The van der Waals surface area contributed by atoms with Gasteiger partial charge in [0.2, 0.25) is 5.91 Å². The summed E-state index contributed by atoms with van der Waals surface area (Å²) < 4.78 is 4.98. The molecule has 130 valence electrons. The molecule has 0 saturated carbocycles. The van der Waals surface area contributed by atoms with E-state index in [0.717, 1.165) is 0 Å². The summed E-state index contributed by atoms with van der Waals surface area (Å²) >= 11 is 0. The van der Waals surface area contributed by atoms with E-state index in [1.54, 1.807) is 55.5 Å². The third kappa shape index (κ3) is 4.91. The average Bonchev–Trinajstić information content (AvgIpc) is 2.60. The topological polar surface area (TPSA) is 84.5 Å². The van der Waals surface area contributed by atoms with Crippen LogP contribution in [0, 0.1) is 0 Å². The molecule has 0 aliphatic carbocycles. The molecule has 0 radical (unpaired) electrons. The first-order chi connectivity index (χ1) is 12.0. The van der Waals surface area contributed by atoms with Gasteiger partial charge in [-0.2, -0.15) is 0 Å². The summed E-state index contributed by atoms with van der Waals surface area (Å²) in [5.41, 5.74) is 1.78. The summed E-state index contributed by atoms with van der Waals surface area (Å²) in [6.07, 6.45) is 0. The van der Waals surface area contributed by atoms with Crippen LogP contribution in [-0.2, 0) is 9.53 Å². The fourth-order valence-electron chi connectivity index (χ4n) is 2.29. The molecule has 0 saturated heterocycles. The highest BCUT2D eigenvalue weighted by Crippen LogP contribution is 2.17. The average molecular weight is 340 g/mol. The number of esters is 1. The first kappa shape index (κ1) is 18.2. The van der Waals surface area contributed by atoms with Crippen LogP contribution in [-0.4, -0.2) is 30.8 Å². The van der Waals surface area contributed by atoms with Gasteiger partial charge in [0, 0.05) is 11.3 Å². The zero-order valence-corrected chi connectivity index (χ0v) is 14.2. The quantitative estimate of drug-likeness (QED) is 0.597. The van der Waals surface area contributed by atoms with E-state index in [1.165, 1.54) is 6.92 Å². The van der Waals surface area contributed by atoms with Gasteiger partial charge in [-0.15, -0.1) is 0 Å². The third-order valence-electron chi connectivity index (χ3n) is 3.44. The van der Waals surface area contributed by atoms with Gasteiger partial charge in [-0.25, -0.2) is 4.79 Å². The Kier molecular flexibility index (Phi) is 6.28. The van der Waals surface area contributed by atoms with Crippen molar-refractivity contribution in [3.8, 4) is 0 Å². The van der Waals surface area contributed by atoms with Gasteiger partial charge >= 0.3 is 5.97 Å². The van der Waals surface area contributed by atoms with Crippen LogP contribution in [0.2, 0.25) is 0 Å². The van der Waals surface area contributed by atoms with Crippen molar-refractivity contribution in [2.24, 2.45) is 0 Å². The van der Waals surface area contributed by atoms with Crippen LogP contribution in [0.3, 0.4) is 0 Å². The molecule has 2 N–H and O–H groups in total. The number of anilines is 2. The second kappa shape index (κ2) is 8.63. The van der Waals surface area contributed by atoms with Crippen LogP contribution in [0.1, 0.15) is 34.6 Å². The largest absolute Gasteiger partial charge is 0.462 e. The Morgan fingerprint density at radius 3 is 2.16 bits per heavy atom. The van der Waals surface area contributed by atoms with Crippen LogP contribution in [0.15, 0.2) is 48.5 Å². The second-order valence-corrected chi connectivity index (χ2v) is 5.27. The number of rotatable bonds is 7. The Labute approximate surface area is 146 Å². The van der Waals surface area contributed by atoms with Crippen LogP contribution in [0.5, 0.6) is 0 Å². The molecule has 0 atom stereocenters. The van der Waals surface area contributed by atoms with E-state index in [9.17, 15) is 14.4 Å². The van der Waals surface area contributed by atoms with Gasteiger partial charge in [0.05, 0.1) is 24.4 Å². The second-order valence-electron chi connectivity index (χ2n) is 5.27. The van der Waals surface area contributed by atoms with Gasteiger partial charge in [-0.3, -0.25) is 9.59 Å². The first-order valence-electron chi connectivity index (χ1n) is 7.92. The number of carbonyl (C=O) groups is 3. The predicted octanol–water partition coefficient (Wildman–Crippen LogP) is 3.12. The molecular formula is C19H20N2O4. The SMILES string of the molecule is CCOC(=O)c1ccccc1NC(=O)CNc1ccccc1C(C)=O. The number of para-hydroxylation sites is 2. The molecule has 25 heavy (non-hydrogen) atoms. The maximum atomic E-state index is 12.2. The predicted molar refractivity (Wildman–Crippen MR) is 96.0 cm³/mol. The summed E-state index contributed by atoms with van der Waals surface area (Å²) in [6, 6.07) is 13.6. The smallest absolute Gasteiger partial charge is 0.340 e. The van der Waals surface area contributed by atoms with E-state index in [1.807, 2.05) is 0 Å². The van der Waals surface area contributed by atoms with E-state index in [-0.39, 0.29) is 24.8 Å². The highest BCUT2D eigenvalue weighted by atomic mass is 16.5. The standard InChI is InChI=1S/C19H20N2O4/c1-3-25-19(24)15-9-5-7-11-17(15)21-18(23)12-20-16-10-6-4-8-14(16)13(2)22/h4-11,20H,3,12H2,1-2H3,(H,21,23). The number of ketones is 1. The lowest BCUT2D eigenvalue weighted by atomic mass is 10.1. The van der Waals surface area contributed by atoms with Crippen LogP contribution in [0.4, 0.5) is 11.4 Å². The van der Waals surface area contributed by atoms with Crippen molar-refractivity contribution in [1.29, 1.82) is 0 Å². The molecule has 0 aliphatic heterocycles. The molecule has 2 rings (SSSR count). The Hall–Kier alpha value is -3.15. The number of amides is 1.